The van der Waals surface area contributed by atoms with Gasteiger partial charge in [0.25, 0.3) is 5.91 Å². The van der Waals surface area contributed by atoms with Crippen LogP contribution in [0, 0.1) is 0 Å². The molecule has 0 bridgehead atoms. The number of hydrogen-bond acceptors (Lipinski definition) is 4. The van der Waals surface area contributed by atoms with Crippen molar-refractivity contribution in [2.45, 2.75) is 30.5 Å². The molecule has 0 unspecified atom stereocenters. The fourth-order valence-electron chi connectivity index (χ4n) is 2.55. The van der Waals surface area contributed by atoms with Crippen LogP contribution in [0.1, 0.15) is 28.8 Å². The Morgan fingerprint density at radius 2 is 2.04 bits per heavy atom. The van der Waals surface area contributed by atoms with Crippen molar-refractivity contribution in [1.82, 2.24) is 9.88 Å². The van der Waals surface area contributed by atoms with Gasteiger partial charge in [-0.1, -0.05) is 12.1 Å². The third-order valence-corrected chi connectivity index (χ3v) is 4.67. The summed E-state index contributed by atoms with van der Waals surface area (Å²) in [5.41, 5.74) is 1.81. The van der Waals surface area contributed by atoms with Crippen molar-refractivity contribution in [3.63, 3.8) is 0 Å². The maximum atomic E-state index is 13.0. The average molecular weight is 328 g/mol. The van der Waals surface area contributed by atoms with Crippen molar-refractivity contribution < 1.29 is 9.53 Å². The Morgan fingerprint density at radius 1 is 1.30 bits per heavy atom. The number of nitrogens with zero attached hydrogens (tertiary/aromatic N) is 2. The number of carbonyl (C=O) groups is 1. The minimum Gasteiger partial charge on any atom is -0.497 e. The molecule has 120 valence electrons. The van der Waals surface area contributed by atoms with Crippen molar-refractivity contribution in [2.24, 2.45) is 0 Å². The molecule has 3 rings (SSSR count). The van der Waals surface area contributed by atoms with Gasteiger partial charge in [-0.2, -0.15) is 0 Å². The highest BCUT2D eigenvalue weighted by atomic mass is 32.2. The number of benzene rings is 1. The molecule has 1 amide bonds. The van der Waals surface area contributed by atoms with Crippen LogP contribution in [0.25, 0.3) is 0 Å². The van der Waals surface area contributed by atoms with Gasteiger partial charge < -0.3 is 9.64 Å². The first kappa shape index (κ1) is 15.9. The summed E-state index contributed by atoms with van der Waals surface area (Å²) in [5, 5.41) is 0.790. The van der Waals surface area contributed by atoms with E-state index in [0.717, 1.165) is 29.2 Å². The third-order valence-electron chi connectivity index (χ3n) is 3.96. The summed E-state index contributed by atoms with van der Waals surface area (Å²) in [6.45, 7) is 0.621. The van der Waals surface area contributed by atoms with Crippen LogP contribution in [-0.4, -0.2) is 35.2 Å². The SMILES string of the molecule is COc1ccc(CN(C(=O)c2cccnc2SC)C2CC2)cc1. The molecule has 1 saturated carbocycles. The fourth-order valence-corrected chi connectivity index (χ4v) is 3.09. The van der Waals surface area contributed by atoms with E-state index < -0.39 is 0 Å². The molecule has 4 nitrogen and oxygen atoms in total. The molecule has 1 aliphatic carbocycles. The lowest BCUT2D eigenvalue weighted by atomic mass is 10.1. The van der Waals surface area contributed by atoms with Gasteiger partial charge in [-0.25, -0.2) is 4.98 Å². The van der Waals surface area contributed by atoms with Gasteiger partial charge in [0.15, 0.2) is 0 Å². The Labute approximate surface area is 140 Å². The first-order valence-corrected chi connectivity index (χ1v) is 8.88. The van der Waals surface area contributed by atoms with Crippen LogP contribution >= 0.6 is 11.8 Å². The van der Waals surface area contributed by atoms with Gasteiger partial charge in [0.1, 0.15) is 10.8 Å². The van der Waals surface area contributed by atoms with E-state index in [9.17, 15) is 4.79 Å². The maximum Gasteiger partial charge on any atom is 0.257 e. The molecule has 2 aromatic rings. The van der Waals surface area contributed by atoms with Crippen molar-refractivity contribution in [3.8, 4) is 5.75 Å². The van der Waals surface area contributed by atoms with E-state index in [1.54, 1.807) is 13.3 Å². The smallest absolute Gasteiger partial charge is 0.257 e. The number of pyridine rings is 1. The van der Waals surface area contributed by atoms with Crippen molar-refractivity contribution in [2.75, 3.05) is 13.4 Å². The molecule has 1 heterocycles. The predicted octanol–water partition coefficient (Wildman–Crippen LogP) is 3.62. The highest BCUT2D eigenvalue weighted by Gasteiger charge is 2.34. The summed E-state index contributed by atoms with van der Waals surface area (Å²) in [7, 11) is 1.65. The molecule has 0 aliphatic heterocycles. The first-order valence-electron chi connectivity index (χ1n) is 7.66. The number of aromatic nitrogens is 1. The summed E-state index contributed by atoms with van der Waals surface area (Å²) in [6.07, 6.45) is 5.84. The predicted molar refractivity (Wildman–Crippen MR) is 91.9 cm³/mol. The van der Waals surface area contributed by atoms with Crippen LogP contribution in [-0.2, 0) is 6.54 Å². The summed E-state index contributed by atoms with van der Waals surface area (Å²) >= 11 is 1.51. The molecule has 0 N–H and O–H groups in total. The Morgan fingerprint density at radius 3 is 2.65 bits per heavy atom. The van der Waals surface area contributed by atoms with E-state index in [1.807, 2.05) is 47.6 Å². The molecular weight excluding hydrogens is 308 g/mol. The number of methoxy groups -OCH3 is 1. The molecule has 1 aromatic heterocycles. The summed E-state index contributed by atoms with van der Waals surface area (Å²) < 4.78 is 5.19. The van der Waals surface area contributed by atoms with Crippen molar-refractivity contribution >= 4 is 17.7 Å². The number of thioether (sulfide) groups is 1. The van der Waals surface area contributed by atoms with Crippen LogP contribution in [0.15, 0.2) is 47.6 Å². The van der Waals surface area contributed by atoms with Gasteiger partial charge >= 0.3 is 0 Å². The lowest BCUT2D eigenvalue weighted by molar-refractivity contribution is 0.0725. The monoisotopic (exact) mass is 328 g/mol. The van der Waals surface area contributed by atoms with Gasteiger partial charge in [0.05, 0.1) is 12.7 Å². The summed E-state index contributed by atoms with van der Waals surface area (Å²) in [4.78, 5) is 19.3. The second-order valence-corrected chi connectivity index (χ2v) is 6.37. The molecule has 0 atom stereocenters. The van der Waals surface area contributed by atoms with Gasteiger partial charge in [-0.15, -0.1) is 11.8 Å². The number of ether oxygens (including phenoxy) is 1. The number of carbonyl (C=O) groups excluding carboxylic acids is 1. The highest BCUT2D eigenvalue weighted by Crippen LogP contribution is 2.31. The number of hydrogen-bond donors (Lipinski definition) is 0. The fraction of sp³-hybridized carbons (Fsp3) is 0.333. The molecule has 1 fully saturated rings. The van der Waals surface area contributed by atoms with E-state index in [2.05, 4.69) is 4.98 Å². The van der Waals surface area contributed by atoms with Crippen molar-refractivity contribution in [3.05, 3.63) is 53.7 Å². The second-order valence-electron chi connectivity index (χ2n) is 5.57. The molecule has 5 heteroatoms. The zero-order valence-electron chi connectivity index (χ0n) is 13.4. The molecular formula is C18H20N2O2S. The van der Waals surface area contributed by atoms with Gasteiger partial charge in [0.2, 0.25) is 0 Å². The Balaban J connectivity index is 1.82. The van der Waals surface area contributed by atoms with E-state index in [-0.39, 0.29) is 5.91 Å². The van der Waals surface area contributed by atoms with Gasteiger partial charge in [-0.3, -0.25) is 4.79 Å². The van der Waals surface area contributed by atoms with E-state index in [1.165, 1.54) is 11.8 Å². The largest absolute Gasteiger partial charge is 0.497 e. The Hall–Kier alpha value is -2.01. The number of rotatable bonds is 6. The summed E-state index contributed by atoms with van der Waals surface area (Å²) in [5.74, 6) is 0.899. The van der Waals surface area contributed by atoms with Crippen LogP contribution < -0.4 is 4.74 Å². The first-order chi connectivity index (χ1) is 11.2. The van der Waals surface area contributed by atoms with Crippen LogP contribution in [0.3, 0.4) is 0 Å². The molecule has 0 spiro atoms. The normalized spacial score (nSPS) is 13.7. The zero-order valence-corrected chi connectivity index (χ0v) is 14.2. The molecule has 1 aromatic carbocycles. The maximum absolute atomic E-state index is 13.0. The van der Waals surface area contributed by atoms with E-state index in [0.29, 0.717) is 18.2 Å². The molecule has 0 saturated heterocycles. The van der Waals surface area contributed by atoms with Crippen LogP contribution in [0.5, 0.6) is 5.75 Å². The topological polar surface area (TPSA) is 42.4 Å². The van der Waals surface area contributed by atoms with Gasteiger partial charge in [-0.05, 0) is 48.9 Å². The zero-order chi connectivity index (χ0) is 16.2. The quantitative estimate of drug-likeness (QED) is 0.760. The second kappa shape index (κ2) is 7.04. The molecule has 1 aliphatic rings. The lowest BCUT2D eigenvalue weighted by Gasteiger charge is -2.23. The van der Waals surface area contributed by atoms with E-state index in [4.69, 9.17) is 4.74 Å². The summed E-state index contributed by atoms with van der Waals surface area (Å²) in [6, 6.07) is 11.9. The van der Waals surface area contributed by atoms with Crippen molar-refractivity contribution in [1.29, 1.82) is 0 Å². The van der Waals surface area contributed by atoms with Crippen LogP contribution in [0.4, 0.5) is 0 Å². The Kier molecular flexibility index (Phi) is 4.86. The Bertz CT molecular complexity index is 684. The van der Waals surface area contributed by atoms with Gasteiger partial charge in [0, 0.05) is 18.8 Å². The third kappa shape index (κ3) is 3.67. The van der Waals surface area contributed by atoms with Crippen LogP contribution in [0.2, 0.25) is 0 Å². The standard InChI is InChI=1S/C18H20N2O2S/c1-22-15-9-5-13(6-10-15)12-20(14-7-8-14)18(21)16-4-3-11-19-17(16)23-2/h3-6,9-11,14H,7-8,12H2,1-2H3. The molecule has 23 heavy (non-hydrogen) atoms. The van der Waals surface area contributed by atoms with E-state index >= 15 is 0 Å². The number of amides is 1. The highest BCUT2D eigenvalue weighted by molar-refractivity contribution is 7.98. The minimum atomic E-state index is 0.0702. The average Bonchev–Trinajstić information content (AvgIpc) is 3.44. The molecule has 0 radical (unpaired) electrons. The minimum absolute atomic E-state index is 0.0702. The lowest BCUT2D eigenvalue weighted by Crippen LogP contribution is -2.33.